The summed E-state index contributed by atoms with van der Waals surface area (Å²) >= 11 is 5.82. The molecule has 4 aromatic rings. The fourth-order valence-corrected chi connectivity index (χ4v) is 5.38. The summed E-state index contributed by atoms with van der Waals surface area (Å²) in [4.78, 5) is 5.07. The Hall–Kier alpha value is -3.06. The summed E-state index contributed by atoms with van der Waals surface area (Å²) in [5.41, 5.74) is 3.96. The molecule has 0 atom stereocenters. The van der Waals surface area contributed by atoms with Crippen molar-refractivity contribution in [2.75, 3.05) is 26.2 Å². The highest BCUT2D eigenvalue weighted by molar-refractivity contribution is 7.71. The maximum atomic E-state index is 5.82. The summed E-state index contributed by atoms with van der Waals surface area (Å²) in [5.74, 6) is 1.04. The average Bonchev–Trinajstić information content (AvgIpc) is 3.20. The Kier molecular flexibility index (Phi) is 7.52. The number of hydrogen-bond donors (Lipinski definition) is 0. The molecular formula is C29H33N5S. The van der Waals surface area contributed by atoms with Gasteiger partial charge in [0.1, 0.15) is 5.82 Å². The Morgan fingerprint density at radius 2 is 1.31 bits per heavy atom. The highest BCUT2D eigenvalue weighted by atomic mass is 32.1. The third-order valence-corrected chi connectivity index (χ3v) is 7.29. The quantitative estimate of drug-likeness (QED) is 0.314. The van der Waals surface area contributed by atoms with E-state index in [4.69, 9.17) is 17.3 Å². The van der Waals surface area contributed by atoms with Gasteiger partial charge in [0.2, 0.25) is 0 Å². The van der Waals surface area contributed by atoms with Gasteiger partial charge >= 0.3 is 0 Å². The summed E-state index contributed by atoms with van der Waals surface area (Å²) in [7, 11) is 0. The maximum Gasteiger partial charge on any atom is 0.199 e. The van der Waals surface area contributed by atoms with Crippen LogP contribution >= 0.6 is 12.2 Å². The van der Waals surface area contributed by atoms with E-state index < -0.39 is 0 Å². The summed E-state index contributed by atoms with van der Waals surface area (Å²) in [6, 6.07) is 32.5. The molecule has 1 aromatic heterocycles. The lowest BCUT2D eigenvalue weighted by molar-refractivity contribution is 0.0842. The van der Waals surface area contributed by atoms with Gasteiger partial charge in [0.15, 0.2) is 4.77 Å². The lowest BCUT2D eigenvalue weighted by Gasteiger charge is -2.39. The fourth-order valence-electron chi connectivity index (χ4n) is 5.04. The standard InChI is InChI=1S/C29H33N5S/c1-2-33-27(22-24-12-6-3-7-13-24)30-34(29(33)35)23-31-18-20-32(21-19-31)28(25-14-8-4-9-15-25)26-16-10-5-11-17-26/h3-17,28H,2,18-23H2,1H3. The molecule has 0 radical (unpaired) electrons. The number of piperazine rings is 1. The van der Waals surface area contributed by atoms with Gasteiger partial charge in [-0.05, 0) is 35.8 Å². The van der Waals surface area contributed by atoms with Gasteiger partial charge in [-0.15, -0.1) is 0 Å². The third kappa shape index (κ3) is 5.45. The van der Waals surface area contributed by atoms with Gasteiger partial charge in [-0.25, -0.2) is 4.68 Å². The van der Waals surface area contributed by atoms with Gasteiger partial charge in [-0.3, -0.25) is 9.80 Å². The molecule has 0 aliphatic carbocycles. The van der Waals surface area contributed by atoms with Crippen LogP contribution < -0.4 is 0 Å². The molecule has 0 bridgehead atoms. The third-order valence-electron chi connectivity index (χ3n) is 6.86. The predicted molar refractivity (Wildman–Crippen MR) is 144 cm³/mol. The van der Waals surface area contributed by atoms with Crippen LogP contribution in [0.25, 0.3) is 0 Å². The summed E-state index contributed by atoms with van der Waals surface area (Å²) < 4.78 is 4.99. The fraction of sp³-hybridized carbons (Fsp3) is 0.310. The zero-order valence-corrected chi connectivity index (χ0v) is 21.1. The molecule has 3 aromatic carbocycles. The first-order chi connectivity index (χ1) is 17.2. The molecule has 0 saturated carbocycles. The molecule has 1 aliphatic rings. The zero-order chi connectivity index (χ0) is 24.0. The van der Waals surface area contributed by atoms with Crippen LogP contribution in [-0.2, 0) is 19.6 Å². The van der Waals surface area contributed by atoms with Crippen LogP contribution in [-0.4, -0.2) is 50.3 Å². The van der Waals surface area contributed by atoms with Crippen LogP contribution in [0.15, 0.2) is 91.0 Å². The van der Waals surface area contributed by atoms with Gasteiger partial charge < -0.3 is 4.57 Å². The van der Waals surface area contributed by atoms with Crippen LogP contribution in [0.4, 0.5) is 0 Å². The molecule has 1 fully saturated rings. The minimum absolute atomic E-state index is 0.276. The van der Waals surface area contributed by atoms with E-state index in [-0.39, 0.29) is 6.04 Å². The van der Waals surface area contributed by atoms with Crippen molar-refractivity contribution in [1.82, 2.24) is 24.1 Å². The average molecular weight is 484 g/mol. The van der Waals surface area contributed by atoms with Gasteiger partial charge in [0.25, 0.3) is 0 Å². The molecule has 1 saturated heterocycles. The molecule has 5 rings (SSSR count). The van der Waals surface area contributed by atoms with E-state index in [0.29, 0.717) is 0 Å². The second-order valence-electron chi connectivity index (χ2n) is 9.12. The molecule has 0 unspecified atom stereocenters. The minimum atomic E-state index is 0.276. The molecule has 0 N–H and O–H groups in total. The van der Waals surface area contributed by atoms with E-state index in [1.165, 1.54) is 16.7 Å². The van der Waals surface area contributed by atoms with Crippen molar-refractivity contribution >= 4 is 12.2 Å². The summed E-state index contributed by atoms with van der Waals surface area (Å²) in [6.07, 6.45) is 0.801. The van der Waals surface area contributed by atoms with Gasteiger partial charge in [0.05, 0.1) is 12.7 Å². The van der Waals surface area contributed by atoms with E-state index in [1.807, 2.05) is 10.7 Å². The molecule has 35 heavy (non-hydrogen) atoms. The van der Waals surface area contributed by atoms with Crippen molar-refractivity contribution < 1.29 is 0 Å². The van der Waals surface area contributed by atoms with Gasteiger partial charge in [0, 0.05) is 39.1 Å². The predicted octanol–water partition coefficient (Wildman–Crippen LogP) is 5.39. The number of aromatic nitrogens is 3. The molecule has 180 valence electrons. The Morgan fingerprint density at radius 1 is 0.771 bits per heavy atom. The molecule has 0 amide bonds. The number of nitrogens with zero attached hydrogens (tertiary/aromatic N) is 5. The van der Waals surface area contributed by atoms with E-state index in [2.05, 4.69) is 106 Å². The number of benzene rings is 3. The first-order valence-electron chi connectivity index (χ1n) is 12.5. The van der Waals surface area contributed by atoms with Crippen LogP contribution in [0.3, 0.4) is 0 Å². The SMILES string of the molecule is CCn1c(Cc2ccccc2)nn(CN2CCN(C(c3ccccc3)c3ccccc3)CC2)c1=S. The summed E-state index contributed by atoms with van der Waals surface area (Å²) in [6.45, 7) is 7.71. The first kappa shape index (κ1) is 23.7. The minimum Gasteiger partial charge on any atom is -0.304 e. The number of hydrogen-bond acceptors (Lipinski definition) is 4. The first-order valence-corrected chi connectivity index (χ1v) is 12.9. The van der Waals surface area contributed by atoms with E-state index in [9.17, 15) is 0 Å². The molecule has 1 aliphatic heterocycles. The molecule has 2 heterocycles. The normalized spacial score (nSPS) is 15.0. The summed E-state index contributed by atoms with van der Waals surface area (Å²) in [5, 5.41) is 4.94. The van der Waals surface area contributed by atoms with Crippen LogP contribution in [0.2, 0.25) is 0 Å². The molecule has 0 spiro atoms. The van der Waals surface area contributed by atoms with Crippen molar-refractivity contribution in [2.24, 2.45) is 0 Å². The Balaban J connectivity index is 1.29. The van der Waals surface area contributed by atoms with Crippen molar-refractivity contribution in [3.63, 3.8) is 0 Å². The van der Waals surface area contributed by atoms with Crippen LogP contribution in [0.1, 0.15) is 35.5 Å². The molecule has 5 nitrogen and oxygen atoms in total. The Bertz CT molecular complexity index is 1220. The van der Waals surface area contributed by atoms with Gasteiger partial charge in [-0.1, -0.05) is 91.0 Å². The zero-order valence-electron chi connectivity index (χ0n) is 20.3. The van der Waals surface area contributed by atoms with E-state index in [1.54, 1.807) is 0 Å². The molecular weight excluding hydrogens is 450 g/mol. The topological polar surface area (TPSA) is 29.2 Å². The van der Waals surface area contributed by atoms with E-state index >= 15 is 0 Å². The second kappa shape index (κ2) is 11.1. The van der Waals surface area contributed by atoms with E-state index in [0.717, 1.165) is 56.4 Å². The molecule has 6 heteroatoms. The monoisotopic (exact) mass is 483 g/mol. The Morgan fingerprint density at radius 3 is 1.86 bits per heavy atom. The lowest BCUT2D eigenvalue weighted by atomic mass is 9.96. The highest BCUT2D eigenvalue weighted by Crippen LogP contribution is 2.29. The highest BCUT2D eigenvalue weighted by Gasteiger charge is 2.26. The Labute approximate surface area is 213 Å². The smallest absolute Gasteiger partial charge is 0.199 e. The van der Waals surface area contributed by atoms with Crippen molar-refractivity contribution in [2.45, 2.75) is 32.6 Å². The van der Waals surface area contributed by atoms with Crippen molar-refractivity contribution in [3.05, 3.63) is 118 Å². The van der Waals surface area contributed by atoms with Crippen molar-refractivity contribution in [3.8, 4) is 0 Å². The number of rotatable bonds is 8. The van der Waals surface area contributed by atoms with Gasteiger partial charge in [-0.2, -0.15) is 5.10 Å². The van der Waals surface area contributed by atoms with Crippen molar-refractivity contribution in [1.29, 1.82) is 0 Å². The largest absolute Gasteiger partial charge is 0.304 e. The lowest BCUT2D eigenvalue weighted by Crippen LogP contribution is -2.48. The second-order valence-corrected chi connectivity index (χ2v) is 9.49. The maximum absolute atomic E-state index is 5.82. The van der Waals surface area contributed by atoms with Crippen LogP contribution in [0, 0.1) is 4.77 Å². The van der Waals surface area contributed by atoms with Crippen LogP contribution in [0.5, 0.6) is 0 Å².